The van der Waals surface area contributed by atoms with Crippen LogP contribution in [0.2, 0.25) is 0 Å². The number of amides is 3. The number of benzene rings is 2. The van der Waals surface area contributed by atoms with Gasteiger partial charge in [-0.05, 0) is 55.4 Å². The van der Waals surface area contributed by atoms with Gasteiger partial charge >= 0.3 is 6.03 Å². The van der Waals surface area contributed by atoms with Gasteiger partial charge in [-0.2, -0.15) is 4.31 Å². The number of carbonyl (C=O) groups excluding carboxylic acids is 2. The highest BCUT2D eigenvalue weighted by Crippen LogP contribution is 2.24. The number of aromatic nitrogens is 1. The molecule has 1 aliphatic heterocycles. The first kappa shape index (κ1) is 38.0. The number of aliphatic hydroxyl groups is 1. The van der Waals surface area contributed by atoms with E-state index in [4.69, 9.17) is 5.21 Å². The predicted octanol–water partition coefficient (Wildman–Crippen LogP) is 4.27. The van der Waals surface area contributed by atoms with Gasteiger partial charge in [0.2, 0.25) is 15.9 Å². The highest BCUT2D eigenvalue weighted by molar-refractivity contribution is 7.89. The molecule has 49 heavy (non-hydrogen) atoms. The first-order valence-corrected chi connectivity index (χ1v) is 18.7. The molecular formula is C35H48N6O6S2. The molecule has 0 aliphatic carbocycles. The fourth-order valence-corrected chi connectivity index (χ4v) is 8.53. The van der Waals surface area contributed by atoms with E-state index in [-0.39, 0.29) is 42.3 Å². The van der Waals surface area contributed by atoms with Gasteiger partial charge in [-0.3, -0.25) is 4.79 Å². The topological polar surface area (TPSA) is 156 Å². The van der Waals surface area contributed by atoms with Crippen molar-refractivity contribution >= 4 is 39.5 Å². The minimum absolute atomic E-state index is 0.0269. The van der Waals surface area contributed by atoms with E-state index in [1.165, 1.54) is 34.8 Å². The second kappa shape index (κ2) is 16.7. The third-order valence-electron chi connectivity index (χ3n) is 8.48. The minimum atomic E-state index is -4.05. The van der Waals surface area contributed by atoms with Crippen LogP contribution < -0.4 is 5.32 Å². The van der Waals surface area contributed by atoms with E-state index < -0.39 is 34.1 Å². The zero-order valence-electron chi connectivity index (χ0n) is 29.0. The molecule has 0 bridgehead atoms. The molecule has 1 aliphatic rings. The number of urea groups is 1. The van der Waals surface area contributed by atoms with Gasteiger partial charge in [0.15, 0.2) is 0 Å². The lowest BCUT2D eigenvalue weighted by Gasteiger charge is -2.34. The van der Waals surface area contributed by atoms with Crippen LogP contribution in [0.25, 0.3) is 0 Å². The molecule has 14 heteroatoms. The maximum atomic E-state index is 14.1. The van der Waals surface area contributed by atoms with Gasteiger partial charge in [0, 0.05) is 31.1 Å². The van der Waals surface area contributed by atoms with Crippen molar-refractivity contribution in [2.75, 3.05) is 26.2 Å². The van der Waals surface area contributed by atoms with Crippen LogP contribution in [-0.2, 0) is 27.8 Å². The molecule has 3 atom stereocenters. The molecule has 2 heterocycles. The van der Waals surface area contributed by atoms with E-state index in [0.717, 1.165) is 21.1 Å². The maximum absolute atomic E-state index is 14.1. The third kappa shape index (κ3) is 9.65. The Hall–Kier alpha value is -3.85. The summed E-state index contributed by atoms with van der Waals surface area (Å²) in [5, 5.41) is 27.5. The van der Waals surface area contributed by atoms with E-state index in [9.17, 15) is 23.1 Å². The standard InChI is InChI=1S/C35H48N6O6S2/c1-23(2)20-40(49(46,47)29-14-12-28(13-15-29)19-36-45)22-32(42)30(18-27-10-8-7-9-11-27)38-34(43)33(24(3)4)41-17-16-39(35(41)44)21-31-25(5)48-26(6)37-31/h7-15,19,23-24,30,32-33,42,45H,16-18,20-22H2,1-6H3,(H,38,43)/b36-19+/t30-,32+,33-/m0/s1. The van der Waals surface area contributed by atoms with E-state index in [1.807, 2.05) is 71.9 Å². The van der Waals surface area contributed by atoms with Crippen LogP contribution in [0.5, 0.6) is 0 Å². The van der Waals surface area contributed by atoms with Crippen LogP contribution in [0.3, 0.4) is 0 Å². The van der Waals surface area contributed by atoms with E-state index in [2.05, 4.69) is 15.5 Å². The lowest BCUT2D eigenvalue weighted by molar-refractivity contribution is -0.128. The lowest BCUT2D eigenvalue weighted by atomic mass is 9.97. The number of hydrogen-bond acceptors (Lipinski definition) is 9. The van der Waals surface area contributed by atoms with Crippen molar-refractivity contribution in [2.24, 2.45) is 17.0 Å². The van der Waals surface area contributed by atoms with Gasteiger partial charge in [-0.1, -0.05) is 75.3 Å². The SMILES string of the molecule is Cc1nc(CN2CCN([C@H](C(=O)N[C@@H](Cc3ccccc3)[C@H](O)CN(CC(C)C)S(=O)(=O)c3ccc(/C=N/O)cc3)C(C)C)C2=O)c(C)s1. The summed E-state index contributed by atoms with van der Waals surface area (Å²) in [5.41, 5.74) is 2.23. The first-order chi connectivity index (χ1) is 23.2. The molecular weight excluding hydrogens is 665 g/mol. The van der Waals surface area contributed by atoms with Crippen molar-refractivity contribution in [2.45, 2.75) is 77.6 Å². The Balaban J connectivity index is 1.57. The van der Waals surface area contributed by atoms with Gasteiger partial charge in [-0.25, -0.2) is 18.2 Å². The van der Waals surface area contributed by atoms with Gasteiger partial charge in [0.05, 0.1) is 40.5 Å². The molecule has 3 aromatic rings. The summed E-state index contributed by atoms with van der Waals surface area (Å²) in [6, 6.07) is 13.4. The van der Waals surface area contributed by atoms with Crippen molar-refractivity contribution in [3.63, 3.8) is 0 Å². The largest absolute Gasteiger partial charge is 0.411 e. The van der Waals surface area contributed by atoms with Crippen LogP contribution in [-0.4, -0.2) is 100 Å². The Morgan fingerprint density at radius 2 is 1.73 bits per heavy atom. The molecule has 3 N–H and O–H groups in total. The zero-order chi connectivity index (χ0) is 35.9. The average molecular weight is 713 g/mol. The second-order valence-electron chi connectivity index (χ2n) is 13.2. The molecule has 1 fully saturated rings. The van der Waals surface area contributed by atoms with E-state index in [0.29, 0.717) is 25.2 Å². The van der Waals surface area contributed by atoms with Crippen molar-refractivity contribution in [3.05, 3.63) is 81.3 Å². The molecule has 0 radical (unpaired) electrons. The minimum Gasteiger partial charge on any atom is -0.411 e. The molecule has 0 saturated carbocycles. The number of oxime groups is 1. The predicted molar refractivity (Wildman–Crippen MR) is 190 cm³/mol. The summed E-state index contributed by atoms with van der Waals surface area (Å²) in [4.78, 5) is 36.7. The fourth-order valence-electron chi connectivity index (χ4n) is 6.08. The van der Waals surface area contributed by atoms with Crippen molar-refractivity contribution in [1.29, 1.82) is 0 Å². The van der Waals surface area contributed by atoms with Crippen LogP contribution in [0.1, 0.15) is 54.4 Å². The third-order valence-corrected chi connectivity index (χ3v) is 11.3. The van der Waals surface area contributed by atoms with Crippen LogP contribution in [0, 0.1) is 25.7 Å². The fraction of sp³-hybridized carbons (Fsp3) is 0.486. The number of sulfonamides is 1. The zero-order valence-corrected chi connectivity index (χ0v) is 30.6. The molecule has 1 aromatic heterocycles. The highest BCUT2D eigenvalue weighted by Gasteiger charge is 2.41. The first-order valence-electron chi connectivity index (χ1n) is 16.5. The van der Waals surface area contributed by atoms with E-state index in [1.54, 1.807) is 21.1 Å². The Morgan fingerprint density at radius 3 is 2.31 bits per heavy atom. The quantitative estimate of drug-likeness (QED) is 0.114. The summed E-state index contributed by atoms with van der Waals surface area (Å²) in [5.74, 6) is -0.708. The summed E-state index contributed by atoms with van der Waals surface area (Å²) in [7, 11) is -4.05. The number of hydrogen-bond donors (Lipinski definition) is 3. The van der Waals surface area contributed by atoms with Gasteiger partial charge < -0.3 is 25.4 Å². The summed E-state index contributed by atoms with van der Waals surface area (Å²) in [6.07, 6.45) is 0.155. The molecule has 0 unspecified atom stereocenters. The number of carbonyl (C=O) groups is 2. The average Bonchev–Trinajstić information content (AvgIpc) is 3.56. The van der Waals surface area contributed by atoms with Crippen LogP contribution in [0.15, 0.2) is 64.6 Å². The van der Waals surface area contributed by atoms with Gasteiger partial charge in [0.25, 0.3) is 0 Å². The number of aryl methyl sites for hydroxylation is 2. The van der Waals surface area contributed by atoms with Crippen LogP contribution in [0.4, 0.5) is 4.79 Å². The summed E-state index contributed by atoms with van der Waals surface area (Å²) >= 11 is 1.59. The Morgan fingerprint density at radius 1 is 1.06 bits per heavy atom. The molecule has 3 amide bonds. The smallest absolute Gasteiger partial charge is 0.321 e. The van der Waals surface area contributed by atoms with Crippen LogP contribution >= 0.6 is 11.3 Å². The normalized spacial score (nSPS) is 15.9. The second-order valence-corrected chi connectivity index (χ2v) is 16.6. The monoisotopic (exact) mass is 712 g/mol. The molecule has 12 nitrogen and oxygen atoms in total. The number of aliphatic hydroxyl groups excluding tert-OH is 1. The number of thiazole rings is 1. The molecule has 1 saturated heterocycles. The van der Waals surface area contributed by atoms with E-state index >= 15 is 0 Å². The molecule has 4 rings (SSSR count). The molecule has 2 aromatic carbocycles. The van der Waals surface area contributed by atoms with Gasteiger partial charge in [-0.15, -0.1) is 11.3 Å². The van der Waals surface area contributed by atoms with Crippen molar-refractivity contribution in [3.8, 4) is 0 Å². The maximum Gasteiger partial charge on any atom is 0.321 e. The molecule has 266 valence electrons. The Labute approximate surface area is 293 Å². The summed E-state index contributed by atoms with van der Waals surface area (Å²) in [6.45, 7) is 12.5. The Bertz CT molecular complexity index is 1690. The summed E-state index contributed by atoms with van der Waals surface area (Å²) < 4.78 is 29.0. The van der Waals surface area contributed by atoms with Gasteiger partial charge in [0.1, 0.15) is 6.04 Å². The number of nitrogens with zero attached hydrogens (tertiary/aromatic N) is 5. The Kier molecular flexibility index (Phi) is 12.9. The van der Waals surface area contributed by atoms with Crippen molar-refractivity contribution in [1.82, 2.24) is 24.4 Å². The highest BCUT2D eigenvalue weighted by atomic mass is 32.2. The lowest BCUT2D eigenvalue weighted by Crippen LogP contribution is -2.57. The number of nitrogens with one attached hydrogen (secondary N) is 1. The molecule has 0 spiro atoms. The van der Waals surface area contributed by atoms with Crippen molar-refractivity contribution < 1.29 is 28.3 Å². The number of rotatable bonds is 16.